The van der Waals surface area contributed by atoms with Crippen LogP contribution in [0.3, 0.4) is 0 Å². The van der Waals surface area contributed by atoms with E-state index in [1.807, 2.05) is 36.5 Å². The minimum atomic E-state index is -0.218. The van der Waals surface area contributed by atoms with E-state index in [2.05, 4.69) is 15.6 Å². The van der Waals surface area contributed by atoms with Gasteiger partial charge in [-0.25, -0.2) is 4.68 Å². The standard InChI is InChI=1S/C16H16N4O2/c1-12-11-15(19-22-12)16(21)17-9-7-13-3-5-14(6-4-13)20-10-2-8-18-20/h2-6,8,10-11H,7,9H2,1H3,(H,17,21). The number of aromatic nitrogens is 3. The molecular weight excluding hydrogens is 280 g/mol. The number of hydrogen-bond acceptors (Lipinski definition) is 4. The maximum absolute atomic E-state index is 11.8. The van der Waals surface area contributed by atoms with Gasteiger partial charge in [0.25, 0.3) is 5.91 Å². The van der Waals surface area contributed by atoms with E-state index < -0.39 is 0 Å². The van der Waals surface area contributed by atoms with Gasteiger partial charge in [-0.05, 0) is 37.1 Å². The molecule has 0 unspecified atom stereocenters. The van der Waals surface area contributed by atoms with Crippen molar-refractivity contribution in [3.8, 4) is 5.69 Å². The number of hydrogen-bond donors (Lipinski definition) is 1. The average molecular weight is 296 g/mol. The van der Waals surface area contributed by atoms with E-state index in [0.717, 1.165) is 17.7 Å². The Bertz CT molecular complexity index is 745. The molecule has 3 aromatic rings. The van der Waals surface area contributed by atoms with Gasteiger partial charge in [0.15, 0.2) is 5.69 Å². The molecule has 1 aromatic carbocycles. The lowest BCUT2D eigenvalue weighted by Crippen LogP contribution is -2.25. The minimum Gasteiger partial charge on any atom is -0.361 e. The Morgan fingerprint density at radius 1 is 1.32 bits per heavy atom. The molecule has 0 aliphatic heterocycles. The van der Waals surface area contributed by atoms with Gasteiger partial charge in [0, 0.05) is 25.0 Å². The van der Waals surface area contributed by atoms with Crippen molar-refractivity contribution in [2.75, 3.05) is 6.54 Å². The van der Waals surface area contributed by atoms with Gasteiger partial charge in [-0.1, -0.05) is 17.3 Å². The highest BCUT2D eigenvalue weighted by molar-refractivity contribution is 5.92. The van der Waals surface area contributed by atoms with E-state index in [4.69, 9.17) is 4.52 Å². The van der Waals surface area contributed by atoms with Gasteiger partial charge in [0.1, 0.15) is 5.76 Å². The van der Waals surface area contributed by atoms with Crippen molar-refractivity contribution < 1.29 is 9.32 Å². The molecule has 0 saturated heterocycles. The fraction of sp³-hybridized carbons (Fsp3) is 0.188. The SMILES string of the molecule is Cc1cc(C(=O)NCCc2ccc(-n3cccn3)cc2)no1. The van der Waals surface area contributed by atoms with Crippen molar-refractivity contribution in [2.24, 2.45) is 0 Å². The second kappa shape index (κ2) is 6.26. The highest BCUT2D eigenvalue weighted by Crippen LogP contribution is 2.09. The summed E-state index contributed by atoms with van der Waals surface area (Å²) in [6, 6.07) is 11.6. The predicted octanol–water partition coefficient (Wildman–Crippen LogP) is 2.14. The number of nitrogens with one attached hydrogen (secondary N) is 1. The smallest absolute Gasteiger partial charge is 0.273 e. The molecule has 0 radical (unpaired) electrons. The lowest BCUT2D eigenvalue weighted by molar-refractivity contribution is 0.0945. The number of amides is 1. The van der Waals surface area contributed by atoms with E-state index in [1.54, 1.807) is 23.9 Å². The van der Waals surface area contributed by atoms with Crippen molar-refractivity contribution in [1.82, 2.24) is 20.3 Å². The van der Waals surface area contributed by atoms with E-state index in [9.17, 15) is 4.79 Å². The molecule has 6 heteroatoms. The van der Waals surface area contributed by atoms with E-state index >= 15 is 0 Å². The molecule has 0 fully saturated rings. The molecule has 0 aliphatic rings. The van der Waals surface area contributed by atoms with Crippen molar-refractivity contribution in [2.45, 2.75) is 13.3 Å². The third-order valence-electron chi connectivity index (χ3n) is 3.27. The molecule has 1 amide bonds. The zero-order valence-corrected chi connectivity index (χ0v) is 12.2. The molecule has 2 heterocycles. The van der Waals surface area contributed by atoms with Crippen LogP contribution >= 0.6 is 0 Å². The van der Waals surface area contributed by atoms with Crippen LogP contribution in [0.25, 0.3) is 5.69 Å². The summed E-state index contributed by atoms with van der Waals surface area (Å²) in [4.78, 5) is 11.8. The first-order valence-corrected chi connectivity index (χ1v) is 7.03. The van der Waals surface area contributed by atoms with Crippen LogP contribution in [0.15, 0.2) is 53.3 Å². The van der Waals surface area contributed by atoms with Gasteiger partial charge in [-0.3, -0.25) is 4.79 Å². The van der Waals surface area contributed by atoms with Gasteiger partial charge in [0.05, 0.1) is 5.69 Å². The Balaban J connectivity index is 1.52. The molecule has 0 bridgehead atoms. The van der Waals surface area contributed by atoms with E-state index in [1.165, 1.54) is 0 Å². The van der Waals surface area contributed by atoms with Gasteiger partial charge in [-0.2, -0.15) is 5.10 Å². The molecule has 22 heavy (non-hydrogen) atoms. The Hall–Kier alpha value is -2.89. The van der Waals surface area contributed by atoms with Crippen LogP contribution in [0.4, 0.5) is 0 Å². The maximum atomic E-state index is 11.8. The fourth-order valence-electron chi connectivity index (χ4n) is 2.12. The van der Waals surface area contributed by atoms with E-state index in [0.29, 0.717) is 18.0 Å². The molecule has 0 aliphatic carbocycles. The zero-order valence-electron chi connectivity index (χ0n) is 12.2. The van der Waals surface area contributed by atoms with Crippen molar-refractivity contribution in [3.63, 3.8) is 0 Å². The molecule has 3 rings (SSSR count). The molecule has 6 nitrogen and oxygen atoms in total. The number of rotatable bonds is 5. The quantitative estimate of drug-likeness (QED) is 0.783. The Morgan fingerprint density at radius 2 is 2.14 bits per heavy atom. The monoisotopic (exact) mass is 296 g/mol. The fourth-order valence-corrected chi connectivity index (χ4v) is 2.12. The van der Waals surface area contributed by atoms with Crippen molar-refractivity contribution in [3.05, 3.63) is 65.8 Å². The van der Waals surface area contributed by atoms with Gasteiger partial charge in [0.2, 0.25) is 0 Å². The molecule has 2 aromatic heterocycles. The highest BCUT2D eigenvalue weighted by atomic mass is 16.5. The largest absolute Gasteiger partial charge is 0.361 e. The molecule has 0 saturated carbocycles. The zero-order chi connectivity index (χ0) is 15.4. The lowest BCUT2D eigenvalue weighted by Gasteiger charge is -2.05. The number of benzene rings is 1. The Kier molecular flexibility index (Phi) is 4.00. The number of carbonyl (C=O) groups excluding carboxylic acids is 1. The summed E-state index contributed by atoms with van der Waals surface area (Å²) in [5, 5.41) is 10.7. The second-order valence-electron chi connectivity index (χ2n) is 4.95. The van der Waals surface area contributed by atoms with Crippen LogP contribution in [-0.2, 0) is 6.42 Å². The average Bonchev–Trinajstić information content (AvgIpc) is 3.19. The first-order valence-electron chi connectivity index (χ1n) is 7.03. The van der Waals surface area contributed by atoms with Gasteiger partial charge in [-0.15, -0.1) is 0 Å². The second-order valence-corrected chi connectivity index (χ2v) is 4.95. The third kappa shape index (κ3) is 3.22. The van der Waals surface area contributed by atoms with Crippen molar-refractivity contribution in [1.29, 1.82) is 0 Å². The summed E-state index contributed by atoms with van der Waals surface area (Å²) in [7, 11) is 0. The first kappa shape index (κ1) is 14.1. The highest BCUT2D eigenvalue weighted by Gasteiger charge is 2.09. The summed E-state index contributed by atoms with van der Waals surface area (Å²) in [6.07, 6.45) is 4.39. The molecule has 1 N–H and O–H groups in total. The van der Waals surface area contributed by atoms with Crippen LogP contribution in [0, 0.1) is 6.92 Å². The normalized spacial score (nSPS) is 10.6. The van der Waals surface area contributed by atoms with Crippen LogP contribution in [0.5, 0.6) is 0 Å². The summed E-state index contributed by atoms with van der Waals surface area (Å²) >= 11 is 0. The third-order valence-corrected chi connectivity index (χ3v) is 3.27. The van der Waals surface area contributed by atoms with Crippen LogP contribution in [0.1, 0.15) is 21.8 Å². The molecular formula is C16H16N4O2. The summed E-state index contributed by atoms with van der Waals surface area (Å²) in [5.41, 5.74) is 2.47. The minimum absolute atomic E-state index is 0.218. The van der Waals surface area contributed by atoms with Crippen LogP contribution in [0.2, 0.25) is 0 Å². The van der Waals surface area contributed by atoms with Crippen molar-refractivity contribution >= 4 is 5.91 Å². The van der Waals surface area contributed by atoms with E-state index in [-0.39, 0.29) is 5.91 Å². The van der Waals surface area contributed by atoms with Crippen LogP contribution in [-0.4, -0.2) is 27.4 Å². The molecule has 112 valence electrons. The Morgan fingerprint density at radius 3 is 2.77 bits per heavy atom. The van der Waals surface area contributed by atoms with Gasteiger partial charge >= 0.3 is 0 Å². The summed E-state index contributed by atoms with van der Waals surface area (Å²) < 4.78 is 6.68. The maximum Gasteiger partial charge on any atom is 0.273 e. The molecule has 0 spiro atoms. The first-order chi connectivity index (χ1) is 10.7. The summed E-state index contributed by atoms with van der Waals surface area (Å²) in [6.45, 7) is 2.30. The lowest BCUT2D eigenvalue weighted by atomic mass is 10.1. The topological polar surface area (TPSA) is 73.0 Å². The summed E-state index contributed by atoms with van der Waals surface area (Å²) in [5.74, 6) is 0.407. The number of carbonyl (C=O) groups is 1. The Labute approximate surface area is 127 Å². The van der Waals surface area contributed by atoms with Crippen LogP contribution < -0.4 is 5.32 Å². The number of aryl methyl sites for hydroxylation is 1. The predicted molar refractivity (Wildman–Crippen MR) is 80.8 cm³/mol. The van der Waals surface area contributed by atoms with Gasteiger partial charge < -0.3 is 9.84 Å². The number of nitrogens with zero attached hydrogens (tertiary/aromatic N) is 3. The molecule has 0 atom stereocenters.